The van der Waals surface area contributed by atoms with E-state index in [-0.39, 0.29) is 0 Å². The van der Waals surface area contributed by atoms with Gasteiger partial charge in [-0.15, -0.1) is 0 Å². The maximum Gasteiger partial charge on any atom is 0.117 e. The van der Waals surface area contributed by atoms with Crippen LogP contribution in [0, 0.1) is 0 Å². The lowest BCUT2D eigenvalue weighted by atomic mass is 10.1. The first kappa shape index (κ1) is 10.9. The van der Waals surface area contributed by atoms with Crippen LogP contribution in [0.15, 0.2) is 35.2 Å². The molecule has 15 heavy (non-hydrogen) atoms. The Bertz CT molecular complexity index is 503. The van der Waals surface area contributed by atoms with E-state index in [0.29, 0.717) is 10.0 Å². The molecule has 2 rings (SSSR count). The molecule has 0 aliphatic heterocycles. The molecule has 0 atom stereocenters. The minimum Gasteiger partial charge on any atom is -0.236 e. The predicted octanol–water partition coefficient (Wildman–Crippen LogP) is 4.21. The lowest BCUT2D eigenvalue weighted by molar-refractivity contribution is 1.14. The van der Waals surface area contributed by atoms with Crippen molar-refractivity contribution in [3.8, 4) is 11.3 Å². The van der Waals surface area contributed by atoms with Crippen LogP contribution < -0.4 is 0 Å². The van der Waals surface area contributed by atoms with Gasteiger partial charge in [-0.2, -0.15) is 0 Å². The van der Waals surface area contributed by atoms with Crippen molar-refractivity contribution in [3.63, 3.8) is 0 Å². The number of nitrogens with zero attached hydrogens (tertiary/aromatic N) is 2. The number of hydrogen-bond acceptors (Lipinski definition) is 2. The number of rotatable bonds is 1. The van der Waals surface area contributed by atoms with Crippen molar-refractivity contribution in [3.05, 3.63) is 45.2 Å². The topological polar surface area (TPSA) is 25.8 Å². The van der Waals surface area contributed by atoms with Crippen LogP contribution in [0.2, 0.25) is 10.0 Å². The van der Waals surface area contributed by atoms with E-state index in [0.717, 1.165) is 15.9 Å². The zero-order valence-corrected chi connectivity index (χ0v) is 10.5. The second kappa shape index (κ2) is 4.47. The molecular formula is C10H5BrCl2N2. The third-order valence-corrected chi connectivity index (χ3v) is 2.82. The highest BCUT2D eigenvalue weighted by atomic mass is 79.9. The Balaban J connectivity index is 2.54. The zero-order chi connectivity index (χ0) is 10.8. The minimum atomic E-state index is 0.577. The average Bonchev–Trinajstić information content (AvgIpc) is 2.17. The SMILES string of the molecule is Clc1ccc(-c2cc(Br)ncn2)c(Cl)c1. The van der Waals surface area contributed by atoms with Crippen molar-refractivity contribution in [2.75, 3.05) is 0 Å². The summed E-state index contributed by atoms with van der Waals surface area (Å²) in [6.07, 6.45) is 1.48. The monoisotopic (exact) mass is 302 g/mol. The smallest absolute Gasteiger partial charge is 0.117 e. The summed E-state index contributed by atoms with van der Waals surface area (Å²) in [5.74, 6) is 0. The van der Waals surface area contributed by atoms with Gasteiger partial charge < -0.3 is 0 Å². The van der Waals surface area contributed by atoms with Crippen molar-refractivity contribution in [2.45, 2.75) is 0 Å². The van der Waals surface area contributed by atoms with E-state index < -0.39 is 0 Å². The highest BCUT2D eigenvalue weighted by Gasteiger charge is 2.05. The normalized spacial score (nSPS) is 10.3. The van der Waals surface area contributed by atoms with Gasteiger partial charge in [0.15, 0.2) is 0 Å². The fourth-order valence-electron chi connectivity index (χ4n) is 1.18. The summed E-state index contributed by atoms with van der Waals surface area (Å²) in [5, 5.41) is 1.19. The molecule has 0 fully saturated rings. The van der Waals surface area contributed by atoms with E-state index in [4.69, 9.17) is 23.2 Å². The van der Waals surface area contributed by atoms with Crippen molar-refractivity contribution in [2.24, 2.45) is 0 Å². The van der Waals surface area contributed by atoms with Gasteiger partial charge in [-0.25, -0.2) is 9.97 Å². The largest absolute Gasteiger partial charge is 0.236 e. The van der Waals surface area contributed by atoms with Gasteiger partial charge in [0.05, 0.1) is 10.7 Å². The van der Waals surface area contributed by atoms with Crippen LogP contribution in [0.4, 0.5) is 0 Å². The Hall–Kier alpha value is -0.640. The molecule has 0 aliphatic carbocycles. The standard InChI is InChI=1S/C10H5BrCl2N2/c11-10-4-9(14-5-15-10)7-2-1-6(12)3-8(7)13/h1-5H. The molecular weight excluding hydrogens is 299 g/mol. The molecule has 1 aromatic carbocycles. The summed E-state index contributed by atoms with van der Waals surface area (Å²) in [4.78, 5) is 8.08. The van der Waals surface area contributed by atoms with E-state index in [9.17, 15) is 0 Å². The van der Waals surface area contributed by atoms with Crippen LogP contribution >= 0.6 is 39.1 Å². The van der Waals surface area contributed by atoms with E-state index >= 15 is 0 Å². The molecule has 0 saturated heterocycles. The number of hydrogen-bond donors (Lipinski definition) is 0. The van der Waals surface area contributed by atoms with Crippen molar-refractivity contribution in [1.29, 1.82) is 0 Å². The molecule has 0 unspecified atom stereocenters. The zero-order valence-electron chi connectivity index (χ0n) is 7.42. The third kappa shape index (κ3) is 2.48. The van der Waals surface area contributed by atoms with Crippen LogP contribution in [0.25, 0.3) is 11.3 Å². The summed E-state index contributed by atoms with van der Waals surface area (Å²) in [5.41, 5.74) is 1.60. The molecule has 0 aliphatic rings. The average molecular weight is 304 g/mol. The van der Waals surface area contributed by atoms with Gasteiger partial charge in [0.1, 0.15) is 10.9 Å². The summed E-state index contributed by atoms with van der Waals surface area (Å²) < 4.78 is 0.721. The second-order valence-corrected chi connectivity index (χ2v) is 4.51. The molecule has 1 heterocycles. The first-order chi connectivity index (χ1) is 7.16. The minimum absolute atomic E-state index is 0.577. The highest BCUT2D eigenvalue weighted by molar-refractivity contribution is 9.10. The fourth-order valence-corrected chi connectivity index (χ4v) is 1.99. The fraction of sp³-hybridized carbons (Fsp3) is 0. The lowest BCUT2D eigenvalue weighted by Crippen LogP contribution is -1.86. The molecule has 2 aromatic rings. The van der Waals surface area contributed by atoms with Crippen LogP contribution in [0.5, 0.6) is 0 Å². The van der Waals surface area contributed by atoms with Crippen molar-refractivity contribution >= 4 is 39.1 Å². The molecule has 1 aromatic heterocycles. The van der Waals surface area contributed by atoms with Crippen LogP contribution in [0.3, 0.4) is 0 Å². The first-order valence-corrected chi connectivity index (χ1v) is 5.64. The summed E-state index contributed by atoms with van der Waals surface area (Å²) in [7, 11) is 0. The molecule has 0 saturated carbocycles. The molecule has 76 valence electrons. The van der Waals surface area contributed by atoms with Gasteiger partial charge in [-0.3, -0.25) is 0 Å². The van der Waals surface area contributed by atoms with E-state index in [1.807, 2.05) is 6.07 Å². The molecule has 0 amide bonds. The quantitative estimate of drug-likeness (QED) is 0.737. The summed E-state index contributed by atoms with van der Waals surface area (Å²) >= 11 is 15.1. The van der Waals surface area contributed by atoms with Crippen LogP contribution in [-0.2, 0) is 0 Å². The molecule has 0 radical (unpaired) electrons. The first-order valence-electron chi connectivity index (χ1n) is 4.10. The van der Waals surface area contributed by atoms with Crippen LogP contribution in [0.1, 0.15) is 0 Å². The number of aromatic nitrogens is 2. The molecule has 5 heteroatoms. The van der Waals surface area contributed by atoms with Gasteiger partial charge in [0.2, 0.25) is 0 Å². The second-order valence-electron chi connectivity index (χ2n) is 2.85. The number of halogens is 3. The highest BCUT2D eigenvalue weighted by Crippen LogP contribution is 2.29. The van der Waals surface area contributed by atoms with Crippen molar-refractivity contribution in [1.82, 2.24) is 9.97 Å². The lowest BCUT2D eigenvalue weighted by Gasteiger charge is -2.03. The molecule has 0 N–H and O–H groups in total. The molecule has 2 nitrogen and oxygen atoms in total. The van der Waals surface area contributed by atoms with Gasteiger partial charge in [0, 0.05) is 10.6 Å². The Labute approximate surface area is 105 Å². The van der Waals surface area contributed by atoms with Gasteiger partial charge in [-0.05, 0) is 40.2 Å². The Morgan fingerprint density at radius 1 is 1.07 bits per heavy atom. The summed E-state index contributed by atoms with van der Waals surface area (Å²) in [6.45, 7) is 0. The molecule has 0 spiro atoms. The van der Waals surface area contributed by atoms with Crippen molar-refractivity contribution < 1.29 is 0 Å². The van der Waals surface area contributed by atoms with E-state index in [1.54, 1.807) is 18.2 Å². The number of benzene rings is 1. The maximum absolute atomic E-state index is 6.06. The predicted molar refractivity (Wildman–Crippen MR) is 65.2 cm³/mol. The van der Waals surface area contributed by atoms with Gasteiger partial charge in [0.25, 0.3) is 0 Å². The Morgan fingerprint density at radius 2 is 1.87 bits per heavy atom. The van der Waals surface area contributed by atoms with Gasteiger partial charge >= 0.3 is 0 Å². The summed E-state index contributed by atoms with van der Waals surface area (Å²) in [6, 6.07) is 7.10. The van der Waals surface area contributed by atoms with Gasteiger partial charge in [-0.1, -0.05) is 23.2 Å². The molecule has 0 bridgehead atoms. The van der Waals surface area contributed by atoms with Crippen LogP contribution in [-0.4, -0.2) is 9.97 Å². The third-order valence-electron chi connectivity index (χ3n) is 1.84. The Kier molecular flexibility index (Phi) is 3.24. The van der Waals surface area contributed by atoms with E-state index in [2.05, 4.69) is 25.9 Å². The van der Waals surface area contributed by atoms with E-state index in [1.165, 1.54) is 6.33 Å². The maximum atomic E-state index is 6.06. The Morgan fingerprint density at radius 3 is 2.53 bits per heavy atom.